The van der Waals surface area contributed by atoms with Crippen LogP contribution in [0.1, 0.15) is 15.9 Å². The van der Waals surface area contributed by atoms with E-state index >= 15 is 0 Å². The second-order valence-electron chi connectivity index (χ2n) is 5.60. The molecule has 0 spiro atoms. The molecule has 0 fully saturated rings. The van der Waals surface area contributed by atoms with Crippen LogP contribution in [0.15, 0.2) is 91.0 Å². The second kappa shape index (κ2) is 8.49. The molecule has 5 nitrogen and oxygen atoms in total. The summed E-state index contributed by atoms with van der Waals surface area (Å²) in [6, 6.07) is 23.6. The van der Waals surface area contributed by atoms with Crippen molar-refractivity contribution >= 4 is 19.7 Å². The normalized spacial score (nSPS) is 13.1. The Morgan fingerprint density at radius 1 is 0.778 bits per heavy atom. The van der Waals surface area contributed by atoms with Crippen molar-refractivity contribution in [2.75, 3.05) is 0 Å². The van der Waals surface area contributed by atoms with Crippen molar-refractivity contribution in [3.63, 3.8) is 0 Å². The van der Waals surface area contributed by atoms with E-state index in [0.717, 1.165) is 5.56 Å². The van der Waals surface area contributed by atoms with Gasteiger partial charge in [-0.2, -0.15) is 0 Å². The predicted molar refractivity (Wildman–Crippen MR) is 104 cm³/mol. The molecule has 0 aliphatic rings. The zero-order chi connectivity index (χ0) is 19.1. The molecule has 0 amide bonds. The van der Waals surface area contributed by atoms with Gasteiger partial charge in [-0.15, -0.1) is 0 Å². The Balaban J connectivity index is 1.62. The molecule has 1 unspecified atom stereocenters. The predicted octanol–water partition coefficient (Wildman–Crippen LogP) is 5.14. The molecule has 0 aromatic heterocycles. The monoisotopic (exact) mass is 380 g/mol. The van der Waals surface area contributed by atoms with E-state index in [1.165, 1.54) is 18.2 Å². The fraction of sp³-hybridized carbons (Fsp3) is 0. The Morgan fingerprint density at radius 3 is 1.89 bits per heavy atom. The maximum absolute atomic E-state index is 12.1. The van der Waals surface area contributed by atoms with Gasteiger partial charge in [0.2, 0.25) is 0 Å². The Kier molecular flexibility index (Phi) is 5.87. The minimum absolute atomic E-state index is 0.105. The molecule has 0 bridgehead atoms. The van der Waals surface area contributed by atoms with Gasteiger partial charge in [-0.05, 0) is 35.9 Å². The van der Waals surface area contributed by atoms with Crippen LogP contribution in [-0.2, 0) is 4.57 Å². The summed E-state index contributed by atoms with van der Waals surface area (Å²) in [7, 11) is -4.29. The van der Waals surface area contributed by atoms with E-state index in [9.17, 15) is 14.3 Å². The molecule has 1 atom stereocenters. The van der Waals surface area contributed by atoms with Crippen LogP contribution in [0.4, 0.5) is 0 Å². The Labute approximate surface area is 157 Å². The lowest BCUT2D eigenvalue weighted by atomic mass is 10.1. The van der Waals surface area contributed by atoms with Crippen LogP contribution in [0.5, 0.6) is 11.5 Å². The van der Waals surface area contributed by atoms with Crippen molar-refractivity contribution < 1.29 is 23.3 Å². The number of para-hydroxylation sites is 1. The van der Waals surface area contributed by atoms with Crippen LogP contribution < -0.4 is 9.05 Å². The quantitative estimate of drug-likeness (QED) is 0.349. The molecular formula is C21H17O5P. The van der Waals surface area contributed by atoms with Crippen LogP contribution >= 0.6 is 7.82 Å². The zero-order valence-electron chi connectivity index (χ0n) is 14.3. The number of hydrogen-bond acceptors (Lipinski definition) is 4. The molecule has 136 valence electrons. The first kappa shape index (κ1) is 18.6. The molecule has 3 aromatic carbocycles. The number of benzene rings is 3. The lowest BCUT2D eigenvalue weighted by molar-refractivity contribution is 0.104. The number of ketones is 1. The van der Waals surface area contributed by atoms with Gasteiger partial charge in [0.25, 0.3) is 0 Å². The van der Waals surface area contributed by atoms with E-state index in [1.54, 1.807) is 72.8 Å². The van der Waals surface area contributed by atoms with Gasteiger partial charge in [-0.1, -0.05) is 66.7 Å². The maximum atomic E-state index is 12.1. The average Bonchev–Trinajstić information content (AvgIpc) is 2.68. The van der Waals surface area contributed by atoms with Crippen molar-refractivity contribution in [3.05, 3.63) is 102 Å². The summed E-state index contributed by atoms with van der Waals surface area (Å²) in [5.41, 5.74) is 1.36. The molecule has 1 N–H and O–H groups in total. The topological polar surface area (TPSA) is 72.8 Å². The number of hydrogen-bond donors (Lipinski definition) is 1. The number of rotatable bonds is 7. The molecule has 0 aliphatic heterocycles. The van der Waals surface area contributed by atoms with Crippen molar-refractivity contribution in [3.8, 4) is 11.5 Å². The molecular weight excluding hydrogens is 363 g/mol. The third-order valence-corrected chi connectivity index (χ3v) is 4.43. The fourth-order valence-electron chi connectivity index (χ4n) is 2.28. The Bertz CT molecular complexity index is 966. The molecule has 6 heteroatoms. The van der Waals surface area contributed by atoms with Gasteiger partial charge in [-0.25, -0.2) is 4.57 Å². The standard InChI is InChI=1S/C21H17O5P/c22-21(18-7-3-1-4-8-18)16-13-17-11-14-20(15-12-17)26-27(23,24)25-19-9-5-2-6-10-19/h1-16H,(H,23,24). The summed E-state index contributed by atoms with van der Waals surface area (Å²) in [5.74, 6) is 0.317. The van der Waals surface area contributed by atoms with Gasteiger partial charge in [0.05, 0.1) is 0 Å². The van der Waals surface area contributed by atoms with Crippen LogP contribution in [0.25, 0.3) is 6.08 Å². The lowest BCUT2D eigenvalue weighted by Crippen LogP contribution is -1.99. The minimum atomic E-state index is -4.29. The minimum Gasteiger partial charge on any atom is -0.395 e. The number of carbonyl (C=O) groups excluding carboxylic acids is 1. The molecule has 0 saturated carbocycles. The van der Waals surface area contributed by atoms with E-state index in [-0.39, 0.29) is 17.3 Å². The van der Waals surface area contributed by atoms with Crippen LogP contribution in [0.2, 0.25) is 0 Å². The van der Waals surface area contributed by atoms with Gasteiger partial charge >= 0.3 is 7.82 Å². The SMILES string of the molecule is O=C(C=Cc1ccc(OP(=O)(O)Oc2ccccc2)cc1)c1ccccc1. The highest BCUT2D eigenvalue weighted by atomic mass is 31.2. The number of phosphoric ester groups is 1. The molecule has 3 aromatic rings. The second-order valence-corrected chi connectivity index (χ2v) is 6.90. The van der Waals surface area contributed by atoms with E-state index in [1.807, 2.05) is 6.07 Å². The molecule has 0 saturated heterocycles. The molecule has 0 heterocycles. The summed E-state index contributed by atoms with van der Waals surface area (Å²) in [6.45, 7) is 0. The van der Waals surface area contributed by atoms with Crippen LogP contribution in [0.3, 0.4) is 0 Å². The number of phosphoric acid groups is 1. The zero-order valence-corrected chi connectivity index (χ0v) is 15.2. The first-order valence-electron chi connectivity index (χ1n) is 8.16. The Morgan fingerprint density at radius 2 is 1.30 bits per heavy atom. The van der Waals surface area contributed by atoms with E-state index < -0.39 is 7.82 Å². The van der Waals surface area contributed by atoms with Gasteiger partial charge in [0.1, 0.15) is 11.5 Å². The van der Waals surface area contributed by atoms with E-state index in [4.69, 9.17) is 9.05 Å². The lowest BCUT2D eigenvalue weighted by Gasteiger charge is -2.13. The van der Waals surface area contributed by atoms with Crippen molar-refractivity contribution in [1.29, 1.82) is 0 Å². The largest absolute Gasteiger partial charge is 0.584 e. The summed E-state index contributed by atoms with van der Waals surface area (Å²) >= 11 is 0. The fourth-order valence-corrected chi connectivity index (χ4v) is 3.09. The summed E-state index contributed by atoms with van der Waals surface area (Å²) in [4.78, 5) is 21.9. The van der Waals surface area contributed by atoms with Crippen molar-refractivity contribution in [2.45, 2.75) is 0 Å². The first-order valence-corrected chi connectivity index (χ1v) is 9.66. The highest BCUT2D eigenvalue weighted by Gasteiger charge is 2.24. The molecule has 0 radical (unpaired) electrons. The van der Waals surface area contributed by atoms with Crippen LogP contribution in [-0.4, -0.2) is 10.7 Å². The van der Waals surface area contributed by atoms with Gasteiger partial charge in [-0.3, -0.25) is 9.69 Å². The average molecular weight is 380 g/mol. The third-order valence-electron chi connectivity index (χ3n) is 3.55. The number of allylic oxidation sites excluding steroid dienone is 1. The van der Waals surface area contributed by atoms with Crippen LogP contribution in [0, 0.1) is 0 Å². The van der Waals surface area contributed by atoms with E-state index in [0.29, 0.717) is 5.56 Å². The van der Waals surface area contributed by atoms with Gasteiger partial charge in [0, 0.05) is 5.56 Å². The van der Waals surface area contributed by atoms with E-state index in [2.05, 4.69) is 0 Å². The molecule has 0 aliphatic carbocycles. The third kappa shape index (κ3) is 5.68. The summed E-state index contributed by atoms with van der Waals surface area (Å²) < 4.78 is 22.1. The Hall–Kier alpha value is -3.14. The first-order chi connectivity index (χ1) is 13.0. The number of carbonyl (C=O) groups is 1. The highest BCUT2D eigenvalue weighted by molar-refractivity contribution is 7.48. The molecule has 27 heavy (non-hydrogen) atoms. The van der Waals surface area contributed by atoms with Crippen molar-refractivity contribution in [1.82, 2.24) is 0 Å². The molecule has 3 rings (SSSR count). The highest BCUT2D eigenvalue weighted by Crippen LogP contribution is 2.44. The summed E-state index contributed by atoms with van der Waals surface area (Å²) in [6.07, 6.45) is 3.14. The smallest absolute Gasteiger partial charge is 0.395 e. The van der Waals surface area contributed by atoms with Gasteiger partial charge < -0.3 is 9.05 Å². The van der Waals surface area contributed by atoms with Gasteiger partial charge in [0.15, 0.2) is 5.78 Å². The summed E-state index contributed by atoms with van der Waals surface area (Å²) in [5, 5.41) is 0. The van der Waals surface area contributed by atoms with Crippen molar-refractivity contribution in [2.24, 2.45) is 0 Å². The maximum Gasteiger partial charge on any atom is 0.584 e.